The van der Waals surface area contributed by atoms with Crippen LogP contribution in [0.1, 0.15) is 36.0 Å². The van der Waals surface area contributed by atoms with Crippen LogP contribution in [0.5, 0.6) is 11.5 Å². The quantitative estimate of drug-likeness (QED) is 0.836. The van der Waals surface area contributed by atoms with E-state index in [4.69, 9.17) is 21.1 Å². The molecule has 1 amide bonds. The Morgan fingerprint density at radius 2 is 2.05 bits per heavy atom. The summed E-state index contributed by atoms with van der Waals surface area (Å²) in [5.74, 6) is 1.07. The van der Waals surface area contributed by atoms with Crippen molar-refractivity contribution >= 4 is 17.5 Å². The van der Waals surface area contributed by atoms with Crippen LogP contribution in [0.15, 0.2) is 12.1 Å². The van der Waals surface area contributed by atoms with Crippen molar-refractivity contribution in [2.45, 2.75) is 31.7 Å². The van der Waals surface area contributed by atoms with Crippen molar-refractivity contribution in [2.24, 2.45) is 0 Å². The van der Waals surface area contributed by atoms with Crippen LogP contribution in [0.3, 0.4) is 0 Å². The molecule has 0 N–H and O–H groups in total. The molecule has 1 aliphatic heterocycles. The van der Waals surface area contributed by atoms with Crippen LogP contribution in [-0.2, 0) is 0 Å². The molecule has 4 nitrogen and oxygen atoms in total. The first-order valence-corrected chi connectivity index (χ1v) is 6.91. The summed E-state index contributed by atoms with van der Waals surface area (Å²) in [5.41, 5.74) is 0.559. The van der Waals surface area contributed by atoms with Gasteiger partial charge in [-0.15, -0.1) is 0 Å². The zero-order chi connectivity index (χ0) is 13.4. The van der Waals surface area contributed by atoms with Crippen LogP contribution in [-0.4, -0.2) is 30.7 Å². The normalized spacial score (nSPS) is 17.8. The molecule has 1 saturated carbocycles. The summed E-state index contributed by atoms with van der Waals surface area (Å²) in [7, 11) is 1.86. The third kappa shape index (κ3) is 2.25. The van der Waals surface area contributed by atoms with Gasteiger partial charge in [-0.25, -0.2) is 0 Å². The summed E-state index contributed by atoms with van der Waals surface area (Å²) < 4.78 is 10.5. The first-order chi connectivity index (χ1) is 9.16. The Bertz CT molecular complexity index is 512. The fraction of sp³-hybridized carbons (Fsp3) is 0.500. The Balaban J connectivity index is 1.85. The molecule has 0 saturated heterocycles. The molecular formula is C14H16ClNO3. The van der Waals surface area contributed by atoms with Crippen molar-refractivity contribution in [1.29, 1.82) is 0 Å². The lowest BCUT2D eigenvalue weighted by molar-refractivity contribution is 0.0734. The lowest BCUT2D eigenvalue weighted by atomic mass is 10.1. The van der Waals surface area contributed by atoms with E-state index in [1.165, 1.54) is 12.8 Å². The van der Waals surface area contributed by atoms with Crippen molar-refractivity contribution in [2.75, 3.05) is 13.8 Å². The lowest BCUT2D eigenvalue weighted by Crippen LogP contribution is -2.35. The Labute approximate surface area is 117 Å². The Morgan fingerprint density at radius 1 is 1.32 bits per heavy atom. The molecule has 1 heterocycles. The first kappa shape index (κ1) is 12.6. The second kappa shape index (κ2) is 4.93. The van der Waals surface area contributed by atoms with E-state index in [1.807, 2.05) is 11.9 Å². The van der Waals surface area contributed by atoms with Gasteiger partial charge in [-0.05, 0) is 25.0 Å². The molecule has 0 radical (unpaired) electrons. The maximum Gasteiger partial charge on any atom is 0.254 e. The van der Waals surface area contributed by atoms with E-state index >= 15 is 0 Å². The van der Waals surface area contributed by atoms with Gasteiger partial charge in [0.1, 0.15) is 0 Å². The van der Waals surface area contributed by atoms with E-state index in [2.05, 4.69) is 0 Å². The summed E-state index contributed by atoms with van der Waals surface area (Å²) in [6.07, 6.45) is 4.56. The molecule has 0 atom stereocenters. The molecule has 0 aromatic heterocycles. The van der Waals surface area contributed by atoms with E-state index in [-0.39, 0.29) is 12.7 Å². The van der Waals surface area contributed by atoms with Gasteiger partial charge in [0, 0.05) is 18.7 Å². The predicted molar refractivity (Wildman–Crippen MR) is 71.9 cm³/mol. The van der Waals surface area contributed by atoms with Crippen molar-refractivity contribution in [3.8, 4) is 11.5 Å². The largest absolute Gasteiger partial charge is 0.454 e. The molecule has 2 aliphatic rings. The van der Waals surface area contributed by atoms with Crippen LogP contribution < -0.4 is 9.47 Å². The number of fused-ring (bicyclic) bond motifs is 1. The summed E-state index contributed by atoms with van der Waals surface area (Å²) >= 11 is 6.11. The monoisotopic (exact) mass is 281 g/mol. The average Bonchev–Trinajstić information content (AvgIpc) is 3.07. The molecule has 0 unspecified atom stereocenters. The number of hydrogen-bond donors (Lipinski definition) is 0. The van der Waals surface area contributed by atoms with E-state index in [9.17, 15) is 4.79 Å². The highest BCUT2D eigenvalue weighted by atomic mass is 35.5. The molecule has 1 fully saturated rings. The van der Waals surface area contributed by atoms with Crippen molar-refractivity contribution < 1.29 is 14.3 Å². The van der Waals surface area contributed by atoms with E-state index in [0.29, 0.717) is 28.1 Å². The standard InChI is InChI=1S/C14H16ClNO3/c1-16(10-4-2-3-5-10)14(17)9-6-11(15)13-12(7-9)18-8-19-13/h6-7,10H,2-5,8H2,1H3. The second-order valence-corrected chi connectivity index (χ2v) is 5.45. The van der Waals surface area contributed by atoms with Crippen molar-refractivity contribution in [3.63, 3.8) is 0 Å². The van der Waals surface area contributed by atoms with Gasteiger partial charge in [0.2, 0.25) is 6.79 Å². The van der Waals surface area contributed by atoms with E-state index in [1.54, 1.807) is 12.1 Å². The molecule has 5 heteroatoms. The molecule has 1 aromatic carbocycles. The van der Waals surface area contributed by atoms with Gasteiger partial charge in [0.05, 0.1) is 5.02 Å². The highest BCUT2D eigenvalue weighted by Gasteiger charge is 2.26. The minimum Gasteiger partial charge on any atom is -0.454 e. The first-order valence-electron chi connectivity index (χ1n) is 6.53. The number of halogens is 1. The number of carbonyl (C=O) groups excluding carboxylic acids is 1. The van der Waals surface area contributed by atoms with Gasteiger partial charge >= 0.3 is 0 Å². The molecular weight excluding hydrogens is 266 g/mol. The topological polar surface area (TPSA) is 38.8 Å². The molecule has 0 bridgehead atoms. The van der Waals surface area contributed by atoms with Crippen LogP contribution in [0, 0.1) is 0 Å². The Kier molecular flexibility index (Phi) is 3.27. The summed E-state index contributed by atoms with van der Waals surface area (Å²) in [4.78, 5) is 14.3. The van der Waals surface area contributed by atoms with Crippen molar-refractivity contribution in [1.82, 2.24) is 4.90 Å². The van der Waals surface area contributed by atoms with Gasteiger partial charge in [-0.1, -0.05) is 24.4 Å². The van der Waals surface area contributed by atoms with Crippen LogP contribution >= 0.6 is 11.6 Å². The Morgan fingerprint density at radius 3 is 2.79 bits per heavy atom. The highest BCUT2D eigenvalue weighted by molar-refractivity contribution is 6.32. The molecule has 102 valence electrons. The van der Waals surface area contributed by atoms with Gasteiger partial charge < -0.3 is 14.4 Å². The molecule has 0 spiro atoms. The Hall–Kier alpha value is -1.42. The van der Waals surface area contributed by atoms with Gasteiger partial charge in [-0.3, -0.25) is 4.79 Å². The predicted octanol–water partition coefficient (Wildman–Crippen LogP) is 3.08. The highest BCUT2D eigenvalue weighted by Crippen LogP contribution is 2.40. The number of benzene rings is 1. The van der Waals surface area contributed by atoms with Crippen LogP contribution in [0.4, 0.5) is 0 Å². The van der Waals surface area contributed by atoms with E-state index in [0.717, 1.165) is 12.8 Å². The smallest absolute Gasteiger partial charge is 0.254 e. The third-order valence-electron chi connectivity index (χ3n) is 3.87. The third-order valence-corrected chi connectivity index (χ3v) is 4.15. The van der Waals surface area contributed by atoms with Gasteiger partial charge in [-0.2, -0.15) is 0 Å². The molecule has 1 aromatic rings. The average molecular weight is 282 g/mol. The zero-order valence-corrected chi connectivity index (χ0v) is 11.6. The number of hydrogen-bond acceptors (Lipinski definition) is 3. The lowest BCUT2D eigenvalue weighted by Gasteiger charge is -2.24. The fourth-order valence-corrected chi connectivity index (χ4v) is 3.02. The maximum atomic E-state index is 12.5. The zero-order valence-electron chi connectivity index (χ0n) is 10.8. The number of ether oxygens (including phenoxy) is 2. The van der Waals surface area contributed by atoms with Gasteiger partial charge in [0.15, 0.2) is 11.5 Å². The van der Waals surface area contributed by atoms with Gasteiger partial charge in [0.25, 0.3) is 5.91 Å². The summed E-state index contributed by atoms with van der Waals surface area (Å²) in [6, 6.07) is 3.71. The molecule has 1 aliphatic carbocycles. The van der Waals surface area contributed by atoms with Crippen LogP contribution in [0.2, 0.25) is 5.02 Å². The minimum absolute atomic E-state index is 0.00731. The number of nitrogens with zero attached hydrogens (tertiary/aromatic N) is 1. The van der Waals surface area contributed by atoms with Crippen LogP contribution in [0.25, 0.3) is 0 Å². The summed E-state index contributed by atoms with van der Waals surface area (Å²) in [5, 5.41) is 0.429. The number of amides is 1. The number of carbonyl (C=O) groups is 1. The minimum atomic E-state index is -0.00731. The maximum absolute atomic E-state index is 12.5. The molecule has 3 rings (SSSR count). The fourth-order valence-electron chi connectivity index (χ4n) is 2.75. The second-order valence-electron chi connectivity index (χ2n) is 5.05. The summed E-state index contributed by atoms with van der Waals surface area (Å²) in [6.45, 7) is 0.158. The SMILES string of the molecule is CN(C(=O)c1cc(Cl)c2c(c1)OCO2)C1CCCC1. The number of rotatable bonds is 2. The molecule has 19 heavy (non-hydrogen) atoms. The van der Waals surface area contributed by atoms with E-state index < -0.39 is 0 Å². The van der Waals surface area contributed by atoms with Crippen molar-refractivity contribution in [3.05, 3.63) is 22.7 Å².